The molecule has 1 aliphatic heterocycles. The van der Waals surface area contributed by atoms with Crippen LogP contribution in [0.15, 0.2) is 29.6 Å². The average Bonchev–Trinajstić information content (AvgIpc) is 3.02. The first-order valence-corrected chi connectivity index (χ1v) is 9.12. The van der Waals surface area contributed by atoms with Gasteiger partial charge in [-0.2, -0.15) is 0 Å². The van der Waals surface area contributed by atoms with E-state index in [1.807, 2.05) is 28.5 Å². The number of carbonyl (C=O) groups excluding carboxylic acids is 1. The normalized spacial score (nSPS) is 14.9. The van der Waals surface area contributed by atoms with Gasteiger partial charge in [0.05, 0.1) is 18.7 Å². The third kappa shape index (κ3) is 4.26. The van der Waals surface area contributed by atoms with Gasteiger partial charge in [0.1, 0.15) is 5.01 Å². The van der Waals surface area contributed by atoms with Gasteiger partial charge in [0, 0.05) is 49.4 Å². The van der Waals surface area contributed by atoms with Crippen molar-refractivity contribution in [3.8, 4) is 0 Å². The lowest BCUT2D eigenvalue weighted by Gasteiger charge is -2.36. The largest absolute Gasteiger partial charge is 0.378 e. The molecule has 1 fully saturated rings. The molecule has 0 N–H and O–H groups in total. The van der Waals surface area contributed by atoms with Gasteiger partial charge >= 0.3 is 0 Å². The second-order valence-corrected chi connectivity index (χ2v) is 7.07. The van der Waals surface area contributed by atoms with Crippen LogP contribution in [0.5, 0.6) is 0 Å². The number of hydrogen-bond donors (Lipinski definition) is 0. The van der Waals surface area contributed by atoms with Crippen LogP contribution in [0.4, 0.5) is 5.69 Å². The molecule has 3 rings (SSSR count). The fraction of sp³-hybridized carbons (Fsp3) is 0.412. The molecule has 24 heavy (non-hydrogen) atoms. The van der Waals surface area contributed by atoms with Gasteiger partial charge in [-0.3, -0.25) is 4.79 Å². The molecule has 0 aliphatic carbocycles. The zero-order valence-corrected chi connectivity index (χ0v) is 15.1. The molecule has 0 spiro atoms. The Kier molecular flexibility index (Phi) is 5.71. The maximum Gasteiger partial charge on any atom is 0.228 e. The Morgan fingerprint density at radius 2 is 2.12 bits per heavy atom. The van der Waals surface area contributed by atoms with E-state index in [0.717, 1.165) is 47.6 Å². The minimum atomic E-state index is 0.134. The second kappa shape index (κ2) is 7.96. The lowest BCUT2D eigenvalue weighted by Crippen LogP contribution is -2.49. The summed E-state index contributed by atoms with van der Waals surface area (Å²) in [4.78, 5) is 21.1. The predicted octanol–water partition coefficient (Wildman–Crippen LogP) is 2.83. The van der Waals surface area contributed by atoms with Crippen molar-refractivity contribution in [2.75, 3.05) is 38.2 Å². The topological polar surface area (TPSA) is 45.7 Å². The number of carbonyl (C=O) groups is 1. The molecule has 0 saturated carbocycles. The minimum absolute atomic E-state index is 0.134. The van der Waals surface area contributed by atoms with Crippen LogP contribution in [0.2, 0.25) is 5.02 Å². The predicted molar refractivity (Wildman–Crippen MR) is 96.8 cm³/mol. The Balaban J connectivity index is 1.53. The first-order valence-electron chi connectivity index (χ1n) is 7.86. The monoisotopic (exact) mass is 365 g/mol. The molecule has 0 unspecified atom stereocenters. The highest BCUT2D eigenvalue weighted by atomic mass is 35.5. The number of thiazole rings is 1. The maximum atomic E-state index is 12.5. The van der Waals surface area contributed by atoms with Crippen LogP contribution < -0.4 is 4.90 Å². The number of hydrogen-bond acceptors (Lipinski definition) is 5. The van der Waals surface area contributed by atoms with Crippen LogP contribution in [0.1, 0.15) is 10.7 Å². The number of ether oxygens (including phenoxy) is 1. The van der Waals surface area contributed by atoms with Gasteiger partial charge in [0.25, 0.3) is 0 Å². The van der Waals surface area contributed by atoms with E-state index in [1.165, 1.54) is 11.3 Å². The molecular weight excluding hydrogens is 346 g/mol. The Morgan fingerprint density at radius 1 is 1.33 bits per heavy atom. The quantitative estimate of drug-likeness (QED) is 0.817. The lowest BCUT2D eigenvalue weighted by molar-refractivity contribution is -0.130. The van der Waals surface area contributed by atoms with E-state index in [-0.39, 0.29) is 5.91 Å². The summed E-state index contributed by atoms with van der Waals surface area (Å²) in [7, 11) is 1.64. The number of amides is 1. The Labute approximate surface area is 150 Å². The SMILES string of the molecule is COCc1nc(CC(=O)N2CCN(c3cccc(Cl)c3)CC2)cs1. The highest BCUT2D eigenvalue weighted by Crippen LogP contribution is 2.21. The van der Waals surface area contributed by atoms with Gasteiger partial charge in [-0.1, -0.05) is 17.7 Å². The van der Waals surface area contributed by atoms with Crippen molar-refractivity contribution in [2.45, 2.75) is 13.0 Å². The summed E-state index contributed by atoms with van der Waals surface area (Å²) in [5.41, 5.74) is 1.94. The van der Waals surface area contributed by atoms with Crippen LogP contribution in [0, 0.1) is 0 Å². The van der Waals surface area contributed by atoms with Crippen molar-refractivity contribution in [3.05, 3.63) is 45.4 Å². The Bertz CT molecular complexity index is 699. The van der Waals surface area contributed by atoms with Crippen molar-refractivity contribution in [1.82, 2.24) is 9.88 Å². The fourth-order valence-corrected chi connectivity index (χ4v) is 3.72. The van der Waals surface area contributed by atoms with Crippen molar-refractivity contribution in [1.29, 1.82) is 0 Å². The van der Waals surface area contributed by atoms with Crippen LogP contribution in [0.3, 0.4) is 0 Å². The molecule has 5 nitrogen and oxygen atoms in total. The van der Waals surface area contributed by atoms with Crippen LogP contribution >= 0.6 is 22.9 Å². The zero-order chi connectivity index (χ0) is 16.9. The molecule has 7 heteroatoms. The number of piperazine rings is 1. The van der Waals surface area contributed by atoms with Crippen molar-refractivity contribution < 1.29 is 9.53 Å². The van der Waals surface area contributed by atoms with E-state index in [0.29, 0.717) is 13.0 Å². The molecule has 2 aromatic rings. The number of rotatable bonds is 5. The summed E-state index contributed by atoms with van der Waals surface area (Å²) in [6.45, 7) is 3.58. The van der Waals surface area contributed by atoms with Crippen molar-refractivity contribution in [2.24, 2.45) is 0 Å². The number of anilines is 1. The summed E-state index contributed by atoms with van der Waals surface area (Å²) in [5, 5.41) is 3.58. The molecular formula is C17H20ClN3O2S. The van der Waals surface area contributed by atoms with Crippen molar-refractivity contribution in [3.63, 3.8) is 0 Å². The van der Waals surface area contributed by atoms with Gasteiger partial charge < -0.3 is 14.5 Å². The molecule has 1 saturated heterocycles. The molecule has 1 aromatic heterocycles. The smallest absolute Gasteiger partial charge is 0.228 e. The molecule has 0 radical (unpaired) electrons. The van der Waals surface area contributed by atoms with E-state index in [2.05, 4.69) is 16.0 Å². The fourth-order valence-electron chi connectivity index (χ4n) is 2.77. The highest BCUT2D eigenvalue weighted by molar-refractivity contribution is 7.09. The molecule has 0 atom stereocenters. The summed E-state index contributed by atoms with van der Waals surface area (Å²) in [6.07, 6.45) is 0.359. The van der Waals surface area contributed by atoms with E-state index < -0.39 is 0 Å². The molecule has 2 heterocycles. The molecule has 0 bridgehead atoms. The summed E-state index contributed by atoms with van der Waals surface area (Å²) >= 11 is 7.59. The van der Waals surface area contributed by atoms with Gasteiger partial charge in [-0.15, -0.1) is 11.3 Å². The first kappa shape index (κ1) is 17.2. The van der Waals surface area contributed by atoms with Gasteiger partial charge in [-0.25, -0.2) is 4.98 Å². The van der Waals surface area contributed by atoms with Gasteiger partial charge in [0.15, 0.2) is 0 Å². The van der Waals surface area contributed by atoms with Crippen LogP contribution in [-0.2, 0) is 22.6 Å². The second-order valence-electron chi connectivity index (χ2n) is 5.69. The molecule has 1 aliphatic rings. The Morgan fingerprint density at radius 3 is 2.83 bits per heavy atom. The standard InChI is InChI=1S/C17H20ClN3O2S/c1-23-11-16-19-14(12-24-16)10-17(22)21-7-5-20(6-8-21)15-4-2-3-13(18)9-15/h2-4,9,12H,5-8,10-11H2,1H3. The zero-order valence-electron chi connectivity index (χ0n) is 13.6. The van der Waals surface area contributed by atoms with Crippen molar-refractivity contribution >= 4 is 34.5 Å². The number of methoxy groups -OCH3 is 1. The molecule has 1 amide bonds. The van der Waals surface area contributed by atoms with E-state index in [9.17, 15) is 4.79 Å². The number of aromatic nitrogens is 1. The van der Waals surface area contributed by atoms with Gasteiger partial charge in [0.2, 0.25) is 5.91 Å². The highest BCUT2D eigenvalue weighted by Gasteiger charge is 2.22. The van der Waals surface area contributed by atoms with Gasteiger partial charge in [-0.05, 0) is 18.2 Å². The number of halogens is 1. The number of benzene rings is 1. The summed E-state index contributed by atoms with van der Waals surface area (Å²) in [6, 6.07) is 7.84. The van der Waals surface area contributed by atoms with Crippen LogP contribution in [-0.4, -0.2) is 49.1 Å². The minimum Gasteiger partial charge on any atom is -0.378 e. The van der Waals surface area contributed by atoms with E-state index in [1.54, 1.807) is 7.11 Å². The summed E-state index contributed by atoms with van der Waals surface area (Å²) < 4.78 is 5.06. The lowest BCUT2D eigenvalue weighted by atomic mass is 10.2. The Hall–Kier alpha value is -1.63. The third-order valence-corrected chi connectivity index (χ3v) is 5.11. The maximum absolute atomic E-state index is 12.5. The van der Waals surface area contributed by atoms with E-state index in [4.69, 9.17) is 16.3 Å². The molecule has 128 valence electrons. The first-order chi connectivity index (χ1) is 11.7. The summed E-state index contributed by atoms with van der Waals surface area (Å²) in [5.74, 6) is 0.134. The average molecular weight is 366 g/mol. The third-order valence-electron chi connectivity index (χ3n) is 4.01. The van der Waals surface area contributed by atoms with Crippen LogP contribution in [0.25, 0.3) is 0 Å². The molecule has 1 aromatic carbocycles. The number of nitrogens with zero attached hydrogens (tertiary/aromatic N) is 3. The van der Waals surface area contributed by atoms with E-state index >= 15 is 0 Å².